The van der Waals surface area contributed by atoms with Crippen molar-refractivity contribution in [3.63, 3.8) is 0 Å². The molecule has 0 bridgehead atoms. The van der Waals surface area contributed by atoms with Crippen LogP contribution in [0.25, 0.3) is 10.8 Å². The van der Waals surface area contributed by atoms with Crippen LogP contribution < -0.4 is 0 Å². The highest BCUT2D eigenvalue weighted by Crippen LogP contribution is 2.26. The van der Waals surface area contributed by atoms with Crippen molar-refractivity contribution in [2.24, 2.45) is 5.92 Å². The number of furan rings is 1. The lowest BCUT2D eigenvalue weighted by molar-refractivity contribution is -0.141. The number of hydrogen-bond acceptors (Lipinski definition) is 6. The Morgan fingerprint density at radius 2 is 1.88 bits per heavy atom. The summed E-state index contributed by atoms with van der Waals surface area (Å²) in [4.78, 5) is 33.4. The zero-order valence-corrected chi connectivity index (χ0v) is 15.2. The molecule has 7 nitrogen and oxygen atoms in total. The van der Waals surface area contributed by atoms with Crippen LogP contribution in [0.5, 0.6) is 0 Å². The Morgan fingerprint density at radius 3 is 2.58 bits per heavy atom. The monoisotopic (exact) mass is 375 g/mol. The van der Waals surface area contributed by atoms with Gasteiger partial charge in [0, 0.05) is 37.5 Å². The second kappa shape index (κ2) is 7.59. The fourth-order valence-corrected chi connectivity index (χ4v) is 4.18. The molecule has 2 fully saturated rings. The minimum atomic E-state index is -0.0728. The Labute approximate surface area is 155 Å². The van der Waals surface area contributed by atoms with Gasteiger partial charge in [-0.25, -0.2) is 4.98 Å². The van der Waals surface area contributed by atoms with Crippen molar-refractivity contribution in [2.75, 3.05) is 39.4 Å². The third-order valence-corrected chi connectivity index (χ3v) is 5.77. The molecule has 4 heterocycles. The van der Waals surface area contributed by atoms with E-state index in [1.807, 2.05) is 11.0 Å². The van der Waals surface area contributed by atoms with Gasteiger partial charge in [-0.15, -0.1) is 11.3 Å². The highest BCUT2D eigenvalue weighted by Gasteiger charge is 2.31. The summed E-state index contributed by atoms with van der Waals surface area (Å²) >= 11 is 1.40. The lowest BCUT2D eigenvalue weighted by Crippen LogP contribution is -2.47. The molecule has 138 valence electrons. The lowest BCUT2D eigenvalue weighted by Gasteiger charge is -2.35. The molecule has 0 aliphatic carbocycles. The van der Waals surface area contributed by atoms with Crippen molar-refractivity contribution < 1.29 is 18.7 Å². The fourth-order valence-electron chi connectivity index (χ4n) is 3.42. The van der Waals surface area contributed by atoms with Gasteiger partial charge < -0.3 is 19.0 Å². The molecule has 26 heavy (non-hydrogen) atoms. The quantitative estimate of drug-likeness (QED) is 0.821. The van der Waals surface area contributed by atoms with Gasteiger partial charge in [-0.1, -0.05) is 0 Å². The lowest BCUT2D eigenvalue weighted by atomic mass is 9.95. The molecule has 0 unspecified atom stereocenters. The summed E-state index contributed by atoms with van der Waals surface area (Å²) in [5.74, 6) is 0.806. The Hall–Kier alpha value is -2.19. The highest BCUT2D eigenvalue weighted by atomic mass is 32.1. The second-order valence-corrected chi connectivity index (χ2v) is 7.38. The number of likely N-dealkylation sites (tertiary alicyclic amines) is 1. The van der Waals surface area contributed by atoms with E-state index >= 15 is 0 Å². The van der Waals surface area contributed by atoms with Crippen molar-refractivity contribution >= 4 is 23.2 Å². The van der Waals surface area contributed by atoms with Gasteiger partial charge in [-0.3, -0.25) is 9.59 Å². The topological polar surface area (TPSA) is 75.9 Å². The summed E-state index contributed by atoms with van der Waals surface area (Å²) in [6.45, 7) is 3.76. The van der Waals surface area contributed by atoms with E-state index in [2.05, 4.69) is 4.98 Å². The summed E-state index contributed by atoms with van der Waals surface area (Å²) in [5, 5.41) is 2.47. The maximum Gasteiger partial charge on any atom is 0.273 e. The number of rotatable bonds is 3. The van der Waals surface area contributed by atoms with E-state index in [-0.39, 0.29) is 17.7 Å². The number of hydrogen-bond donors (Lipinski definition) is 0. The van der Waals surface area contributed by atoms with Gasteiger partial charge in [0.15, 0.2) is 10.8 Å². The van der Waals surface area contributed by atoms with E-state index in [9.17, 15) is 9.59 Å². The number of ether oxygens (including phenoxy) is 1. The third kappa shape index (κ3) is 3.52. The number of carbonyl (C=O) groups excluding carboxylic acids is 2. The van der Waals surface area contributed by atoms with Crippen molar-refractivity contribution in [3.8, 4) is 10.8 Å². The van der Waals surface area contributed by atoms with Crippen LogP contribution in [0, 0.1) is 5.92 Å². The first kappa shape index (κ1) is 17.2. The van der Waals surface area contributed by atoms with Crippen molar-refractivity contribution in [1.82, 2.24) is 14.8 Å². The molecule has 0 N–H and O–H groups in total. The Bertz CT molecular complexity index is 759. The SMILES string of the molecule is O=C(c1csc(-c2ccco2)n1)N1CCC(C(=O)N2CCOCC2)CC1. The number of nitrogens with zero attached hydrogens (tertiary/aromatic N) is 3. The number of piperidine rings is 1. The molecule has 8 heteroatoms. The van der Waals surface area contributed by atoms with Gasteiger partial charge in [0.25, 0.3) is 5.91 Å². The zero-order chi connectivity index (χ0) is 17.9. The van der Waals surface area contributed by atoms with E-state index in [4.69, 9.17) is 9.15 Å². The van der Waals surface area contributed by atoms with Crippen LogP contribution in [-0.2, 0) is 9.53 Å². The molecule has 2 saturated heterocycles. The maximum absolute atomic E-state index is 12.7. The van der Waals surface area contributed by atoms with Crippen LogP contribution in [0.4, 0.5) is 0 Å². The second-order valence-electron chi connectivity index (χ2n) is 6.52. The van der Waals surface area contributed by atoms with E-state index in [0.29, 0.717) is 68.7 Å². The summed E-state index contributed by atoms with van der Waals surface area (Å²) in [6, 6.07) is 3.63. The van der Waals surface area contributed by atoms with Crippen LogP contribution in [0.3, 0.4) is 0 Å². The van der Waals surface area contributed by atoms with Crippen LogP contribution in [-0.4, -0.2) is 66.0 Å². The maximum atomic E-state index is 12.7. The molecule has 2 aromatic heterocycles. The van der Waals surface area contributed by atoms with Crippen molar-refractivity contribution in [1.29, 1.82) is 0 Å². The van der Waals surface area contributed by atoms with Gasteiger partial charge in [-0.2, -0.15) is 0 Å². The Morgan fingerprint density at radius 1 is 1.12 bits per heavy atom. The minimum Gasteiger partial charge on any atom is -0.462 e. The minimum absolute atomic E-state index is 0.00580. The number of morpholine rings is 1. The molecule has 0 aromatic carbocycles. The zero-order valence-electron chi connectivity index (χ0n) is 14.4. The first-order valence-electron chi connectivity index (χ1n) is 8.87. The molecule has 4 rings (SSSR count). The smallest absolute Gasteiger partial charge is 0.273 e. The van der Waals surface area contributed by atoms with Crippen molar-refractivity contribution in [2.45, 2.75) is 12.8 Å². The molecular formula is C18H21N3O4S. The molecule has 2 aromatic rings. The largest absolute Gasteiger partial charge is 0.462 e. The molecule has 0 spiro atoms. The van der Waals surface area contributed by atoms with Crippen LogP contribution >= 0.6 is 11.3 Å². The van der Waals surface area contributed by atoms with Crippen LogP contribution in [0.2, 0.25) is 0 Å². The average molecular weight is 375 g/mol. The summed E-state index contributed by atoms with van der Waals surface area (Å²) < 4.78 is 10.6. The Balaban J connectivity index is 1.34. The highest BCUT2D eigenvalue weighted by molar-refractivity contribution is 7.13. The predicted molar refractivity (Wildman–Crippen MR) is 95.8 cm³/mol. The molecule has 2 aliphatic rings. The van der Waals surface area contributed by atoms with Gasteiger partial charge in [0.05, 0.1) is 19.5 Å². The van der Waals surface area contributed by atoms with Gasteiger partial charge in [0.2, 0.25) is 5.91 Å². The summed E-state index contributed by atoms with van der Waals surface area (Å²) in [6.07, 6.45) is 3.00. The summed E-state index contributed by atoms with van der Waals surface area (Å²) in [7, 11) is 0. The number of carbonyl (C=O) groups is 2. The van der Waals surface area contributed by atoms with E-state index in [0.717, 1.165) is 0 Å². The van der Waals surface area contributed by atoms with Crippen LogP contribution in [0.15, 0.2) is 28.2 Å². The normalized spacial score (nSPS) is 18.9. The first-order valence-corrected chi connectivity index (χ1v) is 9.75. The molecule has 2 aliphatic heterocycles. The molecule has 0 radical (unpaired) electrons. The van der Waals surface area contributed by atoms with Gasteiger partial charge in [-0.05, 0) is 25.0 Å². The first-order chi connectivity index (χ1) is 12.7. The average Bonchev–Trinajstić information content (AvgIpc) is 3.39. The van der Waals surface area contributed by atoms with Crippen molar-refractivity contribution in [3.05, 3.63) is 29.5 Å². The van der Waals surface area contributed by atoms with E-state index in [1.54, 1.807) is 22.6 Å². The van der Waals surface area contributed by atoms with Crippen LogP contribution in [0.1, 0.15) is 23.3 Å². The Kier molecular flexibility index (Phi) is 5.03. The van der Waals surface area contributed by atoms with Gasteiger partial charge in [0.1, 0.15) is 5.69 Å². The molecule has 2 amide bonds. The number of aromatic nitrogens is 1. The predicted octanol–water partition coefficient (Wildman–Crippen LogP) is 2.11. The van der Waals surface area contributed by atoms with E-state index < -0.39 is 0 Å². The standard InChI is InChI=1S/C18H21N3O4S/c22-17(21-7-10-24-11-8-21)13-3-5-20(6-4-13)18(23)14-12-26-16(19-14)15-2-1-9-25-15/h1-2,9,12-13H,3-8,10-11H2. The molecular weight excluding hydrogens is 354 g/mol. The number of thiazole rings is 1. The fraction of sp³-hybridized carbons (Fsp3) is 0.500. The third-order valence-electron chi connectivity index (χ3n) is 4.91. The van der Waals surface area contributed by atoms with Gasteiger partial charge >= 0.3 is 0 Å². The molecule has 0 saturated carbocycles. The molecule has 0 atom stereocenters. The summed E-state index contributed by atoms with van der Waals surface area (Å²) in [5.41, 5.74) is 0.444. The van der Waals surface area contributed by atoms with E-state index in [1.165, 1.54) is 11.3 Å². The number of amides is 2.